The van der Waals surface area contributed by atoms with Gasteiger partial charge in [0.2, 0.25) is 0 Å². The Morgan fingerprint density at radius 2 is 1.50 bits per heavy atom. The molecule has 0 aliphatic carbocycles. The van der Waals surface area contributed by atoms with E-state index in [9.17, 15) is 4.79 Å². The maximum Gasteiger partial charge on any atom is 0.309 e. The smallest absolute Gasteiger partial charge is 0.309 e. The minimum absolute atomic E-state index is 0.0644. The average molecular weight is 382 g/mol. The lowest BCUT2D eigenvalue weighted by Gasteiger charge is -2.41. The Kier molecular flexibility index (Phi) is 8.25. The number of carbonyl (C=O) groups excluding carboxylic acids is 1. The molecule has 0 radical (unpaired) electrons. The van der Waals surface area contributed by atoms with Gasteiger partial charge in [-0.05, 0) is 38.1 Å². The second-order valence-corrected chi connectivity index (χ2v) is 8.02. The van der Waals surface area contributed by atoms with Gasteiger partial charge in [-0.3, -0.25) is 4.79 Å². The molecule has 0 aliphatic rings. The van der Waals surface area contributed by atoms with Crippen molar-refractivity contribution < 1.29 is 9.53 Å². The number of benzene rings is 2. The Morgan fingerprint density at radius 1 is 0.964 bits per heavy atom. The standard InChI is InChI=1S/C25H35NO2/c1-6-22(7-2)24(27)28-25(20(3)19-26(4)5,23-16-12-9-13-17-23)18-21-14-10-8-11-15-21/h8-17,20,22H,6-7,18-19H2,1-5H3/t20-,25+/m0/s1. The SMILES string of the molecule is CCC(CC)C(=O)O[C@@](Cc1ccccc1)(c1ccccc1)[C@@H](C)CN(C)C. The summed E-state index contributed by atoms with van der Waals surface area (Å²) in [5.41, 5.74) is 1.54. The average Bonchev–Trinajstić information content (AvgIpc) is 2.69. The highest BCUT2D eigenvalue weighted by molar-refractivity contribution is 5.73. The molecule has 0 unspecified atom stereocenters. The van der Waals surface area contributed by atoms with Gasteiger partial charge in [0, 0.05) is 18.9 Å². The molecule has 2 rings (SSSR count). The zero-order valence-corrected chi connectivity index (χ0v) is 18.0. The van der Waals surface area contributed by atoms with E-state index in [0.717, 1.165) is 24.9 Å². The third-order valence-corrected chi connectivity index (χ3v) is 5.61. The summed E-state index contributed by atoms with van der Waals surface area (Å²) in [5, 5.41) is 0. The van der Waals surface area contributed by atoms with Gasteiger partial charge in [-0.2, -0.15) is 0 Å². The van der Waals surface area contributed by atoms with Gasteiger partial charge in [0.15, 0.2) is 0 Å². The van der Waals surface area contributed by atoms with Crippen molar-refractivity contribution in [3.8, 4) is 0 Å². The zero-order valence-electron chi connectivity index (χ0n) is 18.0. The number of carbonyl (C=O) groups is 1. The third-order valence-electron chi connectivity index (χ3n) is 5.61. The van der Waals surface area contributed by atoms with Crippen molar-refractivity contribution in [2.24, 2.45) is 11.8 Å². The highest BCUT2D eigenvalue weighted by Crippen LogP contribution is 2.39. The summed E-state index contributed by atoms with van der Waals surface area (Å²) in [6.07, 6.45) is 2.26. The van der Waals surface area contributed by atoms with Gasteiger partial charge in [0.25, 0.3) is 0 Å². The summed E-state index contributed by atoms with van der Waals surface area (Å²) in [5.74, 6) is -0.0239. The van der Waals surface area contributed by atoms with Crippen LogP contribution in [0.1, 0.15) is 44.7 Å². The van der Waals surface area contributed by atoms with Crippen molar-refractivity contribution in [1.82, 2.24) is 4.90 Å². The molecule has 0 aliphatic heterocycles. The lowest BCUT2D eigenvalue weighted by Crippen LogP contribution is -2.45. The van der Waals surface area contributed by atoms with E-state index in [-0.39, 0.29) is 17.8 Å². The van der Waals surface area contributed by atoms with E-state index in [1.165, 1.54) is 5.56 Å². The lowest BCUT2D eigenvalue weighted by molar-refractivity contribution is -0.174. The molecule has 0 aromatic heterocycles. The van der Waals surface area contributed by atoms with Crippen molar-refractivity contribution in [1.29, 1.82) is 0 Å². The molecule has 0 heterocycles. The van der Waals surface area contributed by atoms with Gasteiger partial charge in [-0.15, -0.1) is 0 Å². The number of rotatable bonds is 10. The van der Waals surface area contributed by atoms with Crippen molar-refractivity contribution in [3.63, 3.8) is 0 Å². The van der Waals surface area contributed by atoms with Crippen LogP contribution in [0.15, 0.2) is 60.7 Å². The predicted octanol–water partition coefficient (Wildman–Crippen LogP) is 5.30. The minimum Gasteiger partial charge on any atom is -0.453 e. The topological polar surface area (TPSA) is 29.5 Å². The van der Waals surface area contributed by atoms with Gasteiger partial charge in [-0.25, -0.2) is 0 Å². The maximum absolute atomic E-state index is 13.1. The fourth-order valence-electron chi connectivity index (χ4n) is 3.96. The first kappa shape index (κ1) is 22.2. The van der Waals surface area contributed by atoms with Crippen molar-refractivity contribution in [3.05, 3.63) is 71.8 Å². The quantitative estimate of drug-likeness (QED) is 0.523. The van der Waals surface area contributed by atoms with Gasteiger partial charge >= 0.3 is 5.97 Å². The van der Waals surface area contributed by atoms with Gasteiger partial charge in [0.1, 0.15) is 5.60 Å². The van der Waals surface area contributed by atoms with Crippen LogP contribution in [-0.4, -0.2) is 31.5 Å². The fraction of sp³-hybridized carbons (Fsp3) is 0.480. The molecule has 3 heteroatoms. The highest BCUT2D eigenvalue weighted by Gasteiger charge is 2.43. The molecule has 3 nitrogen and oxygen atoms in total. The van der Waals surface area contributed by atoms with E-state index >= 15 is 0 Å². The van der Waals surface area contributed by atoms with E-state index in [2.05, 4.69) is 64.0 Å². The van der Waals surface area contributed by atoms with Crippen LogP contribution in [0.3, 0.4) is 0 Å². The molecular formula is C25H35NO2. The number of ether oxygens (including phenoxy) is 1. The van der Waals surface area contributed by atoms with Crippen molar-refractivity contribution in [2.75, 3.05) is 20.6 Å². The molecule has 2 aromatic carbocycles. The largest absolute Gasteiger partial charge is 0.453 e. The molecule has 0 fully saturated rings. The molecule has 28 heavy (non-hydrogen) atoms. The van der Waals surface area contributed by atoms with E-state index < -0.39 is 5.60 Å². The van der Waals surface area contributed by atoms with E-state index in [0.29, 0.717) is 6.42 Å². The molecule has 0 amide bonds. The molecule has 0 spiro atoms. The van der Waals surface area contributed by atoms with Crippen LogP contribution in [0.25, 0.3) is 0 Å². The molecule has 152 valence electrons. The summed E-state index contributed by atoms with van der Waals surface area (Å²) in [7, 11) is 4.13. The van der Waals surface area contributed by atoms with Crippen LogP contribution in [0, 0.1) is 11.8 Å². The first-order valence-electron chi connectivity index (χ1n) is 10.4. The van der Waals surface area contributed by atoms with Crippen LogP contribution in [0.4, 0.5) is 0 Å². The normalized spacial score (nSPS) is 14.7. The molecule has 0 N–H and O–H groups in total. The van der Waals surface area contributed by atoms with E-state index in [1.807, 2.05) is 36.4 Å². The third kappa shape index (κ3) is 5.45. The number of nitrogens with zero attached hydrogens (tertiary/aromatic N) is 1. The second kappa shape index (κ2) is 10.4. The van der Waals surface area contributed by atoms with E-state index in [4.69, 9.17) is 4.74 Å². The maximum atomic E-state index is 13.1. The monoisotopic (exact) mass is 381 g/mol. The van der Waals surface area contributed by atoms with Gasteiger partial charge in [0.05, 0.1) is 5.92 Å². The second-order valence-electron chi connectivity index (χ2n) is 8.02. The lowest BCUT2D eigenvalue weighted by atomic mass is 9.77. The Hall–Kier alpha value is -2.13. The number of hydrogen-bond donors (Lipinski definition) is 0. The van der Waals surface area contributed by atoms with Gasteiger partial charge < -0.3 is 9.64 Å². The van der Waals surface area contributed by atoms with E-state index in [1.54, 1.807) is 0 Å². The Labute approximate surface area is 170 Å². The fourth-order valence-corrected chi connectivity index (χ4v) is 3.96. The van der Waals surface area contributed by atoms with Crippen LogP contribution in [-0.2, 0) is 21.6 Å². The summed E-state index contributed by atoms with van der Waals surface area (Å²) in [6, 6.07) is 20.6. The zero-order chi connectivity index (χ0) is 20.6. The Balaban J connectivity index is 2.55. The molecule has 0 saturated heterocycles. The van der Waals surface area contributed by atoms with Crippen LogP contribution >= 0.6 is 0 Å². The molecule has 2 atom stereocenters. The molecule has 2 aromatic rings. The van der Waals surface area contributed by atoms with Crippen LogP contribution in [0.2, 0.25) is 0 Å². The predicted molar refractivity (Wildman–Crippen MR) is 116 cm³/mol. The first-order chi connectivity index (χ1) is 13.4. The molecule has 0 bridgehead atoms. The summed E-state index contributed by atoms with van der Waals surface area (Å²) in [6.45, 7) is 7.13. The highest BCUT2D eigenvalue weighted by atomic mass is 16.6. The van der Waals surface area contributed by atoms with Crippen molar-refractivity contribution >= 4 is 5.97 Å². The minimum atomic E-state index is -0.702. The summed E-state index contributed by atoms with van der Waals surface area (Å²) < 4.78 is 6.47. The Bertz CT molecular complexity index is 710. The summed E-state index contributed by atoms with van der Waals surface area (Å²) >= 11 is 0. The number of hydrogen-bond acceptors (Lipinski definition) is 3. The number of esters is 1. The molecule has 0 saturated carbocycles. The molecular weight excluding hydrogens is 346 g/mol. The van der Waals surface area contributed by atoms with Gasteiger partial charge in [-0.1, -0.05) is 81.4 Å². The summed E-state index contributed by atoms with van der Waals surface area (Å²) in [4.78, 5) is 15.3. The van der Waals surface area contributed by atoms with Crippen molar-refractivity contribution in [2.45, 2.75) is 45.6 Å². The van der Waals surface area contributed by atoms with Crippen LogP contribution in [0.5, 0.6) is 0 Å². The Morgan fingerprint density at radius 3 is 2.00 bits per heavy atom. The first-order valence-corrected chi connectivity index (χ1v) is 10.4. The van der Waals surface area contributed by atoms with Crippen LogP contribution < -0.4 is 0 Å².